The van der Waals surface area contributed by atoms with E-state index < -0.39 is 6.04 Å². The van der Waals surface area contributed by atoms with E-state index in [0.29, 0.717) is 5.56 Å². The van der Waals surface area contributed by atoms with Gasteiger partial charge in [0.15, 0.2) is 0 Å². The van der Waals surface area contributed by atoms with Crippen molar-refractivity contribution in [3.8, 4) is 44.5 Å². The lowest BCUT2D eigenvalue weighted by molar-refractivity contribution is 1.63. The number of hydrogen-bond acceptors (Lipinski definition) is 0. The molecule has 0 fully saturated rings. The third-order valence-corrected chi connectivity index (χ3v) is 10.9. The molecule has 0 aliphatic heterocycles. The highest BCUT2D eigenvalue weighted by Gasteiger charge is 2.20. The van der Waals surface area contributed by atoms with Gasteiger partial charge in [0.05, 0.1) is 6.85 Å². The predicted octanol–water partition coefficient (Wildman–Crippen LogP) is 14.7. The first-order chi connectivity index (χ1) is 27.9. The van der Waals surface area contributed by atoms with Crippen LogP contribution in [0.5, 0.6) is 0 Å². The molecule has 0 N–H and O–H groups in total. The first-order valence-electron chi connectivity index (χ1n) is 20.2. The van der Waals surface area contributed by atoms with Crippen LogP contribution in [0.15, 0.2) is 194 Å². The lowest BCUT2D eigenvalue weighted by atomic mass is 9.83. The SMILES string of the molecule is [2H]c1c([2H])c([2H])c(-c2c3ccccc3c(-c3cccc4c(-c5ccc6ccc7cccc8ccc5c6c78)cccc34)c3ccc(-c4ccccc4)cc23)c([2H])c1[2H]. The van der Waals surface area contributed by atoms with Gasteiger partial charge in [-0.2, -0.15) is 0 Å². The van der Waals surface area contributed by atoms with Crippen LogP contribution in [0.2, 0.25) is 0 Å². The van der Waals surface area contributed by atoms with Gasteiger partial charge in [0.1, 0.15) is 0 Å². The number of fused-ring (bicyclic) bond motifs is 3. The second kappa shape index (κ2) is 11.4. The van der Waals surface area contributed by atoms with Crippen LogP contribution >= 0.6 is 0 Å². The summed E-state index contributed by atoms with van der Waals surface area (Å²) < 4.78 is 43.9. The average Bonchev–Trinajstić information content (AvgIpc) is 3.26. The molecular weight excluding hydrogens is 625 g/mol. The molecule has 52 heavy (non-hydrogen) atoms. The van der Waals surface area contributed by atoms with Crippen LogP contribution in [-0.2, 0) is 0 Å². The molecule has 240 valence electrons. The largest absolute Gasteiger partial charge is 0.0629 e. The van der Waals surface area contributed by atoms with Crippen molar-refractivity contribution in [1.82, 2.24) is 0 Å². The minimum Gasteiger partial charge on any atom is -0.0622 e. The third-order valence-electron chi connectivity index (χ3n) is 10.9. The van der Waals surface area contributed by atoms with E-state index in [9.17, 15) is 0 Å². The van der Waals surface area contributed by atoms with Gasteiger partial charge in [0.2, 0.25) is 0 Å². The minimum atomic E-state index is -0.403. The van der Waals surface area contributed by atoms with E-state index in [0.717, 1.165) is 60.1 Å². The van der Waals surface area contributed by atoms with E-state index in [2.05, 4.69) is 127 Å². The van der Waals surface area contributed by atoms with Crippen LogP contribution in [0.25, 0.3) is 109 Å². The molecule has 11 aromatic carbocycles. The lowest BCUT2D eigenvalue weighted by Gasteiger charge is -2.20. The highest BCUT2D eigenvalue weighted by Crippen LogP contribution is 2.48. The van der Waals surface area contributed by atoms with Crippen molar-refractivity contribution in [2.45, 2.75) is 0 Å². The predicted molar refractivity (Wildman–Crippen MR) is 224 cm³/mol. The molecule has 0 aliphatic rings. The van der Waals surface area contributed by atoms with Crippen molar-refractivity contribution in [1.29, 1.82) is 0 Å². The molecular formula is C52H32. The van der Waals surface area contributed by atoms with Gasteiger partial charge in [0, 0.05) is 0 Å². The molecule has 11 aromatic rings. The van der Waals surface area contributed by atoms with Gasteiger partial charge in [-0.15, -0.1) is 0 Å². The molecule has 0 nitrogen and oxygen atoms in total. The molecule has 11 rings (SSSR count). The Kier molecular flexibility index (Phi) is 5.34. The van der Waals surface area contributed by atoms with Crippen molar-refractivity contribution >= 4 is 64.6 Å². The zero-order valence-electron chi connectivity index (χ0n) is 33.1. The van der Waals surface area contributed by atoms with Crippen molar-refractivity contribution < 1.29 is 6.85 Å². The van der Waals surface area contributed by atoms with Crippen molar-refractivity contribution in [2.75, 3.05) is 0 Å². The maximum Gasteiger partial charge on any atom is 0.0629 e. The van der Waals surface area contributed by atoms with Gasteiger partial charge in [-0.05, 0) is 115 Å². The Labute approximate surface area is 309 Å². The van der Waals surface area contributed by atoms with E-state index in [1.165, 1.54) is 37.9 Å². The van der Waals surface area contributed by atoms with Crippen LogP contribution in [-0.4, -0.2) is 0 Å². The Balaban J connectivity index is 1.24. The smallest absolute Gasteiger partial charge is 0.0622 e. The Morgan fingerprint density at radius 2 is 0.846 bits per heavy atom. The van der Waals surface area contributed by atoms with Crippen molar-refractivity contribution in [3.63, 3.8) is 0 Å². The summed E-state index contributed by atoms with van der Waals surface area (Å²) in [7, 11) is 0. The molecule has 0 heterocycles. The Bertz CT molecular complexity index is 3410. The van der Waals surface area contributed by atoms with Crippen LogP contribution < -0.4 is 0 Å². The van der Waals surface area contributed by atoms with Gasteiger partial charge in [0.25, 0.3) is 0 Å². The molecule has 0 radical (unpaired) electrons. The summed E-state index contributed by atoms with van der Waals surface area (Å²) in [6, 6.07) is 56.2. The summed E-state index contributed by atoms with van der Waals surface area (Å²) in [5.74, 6) is 0. The third kappa shape index (κ3) is 4.28. The van der Waals surface area contributed by atoms with E-state index in [1.807, 2.05) is 36.4 Å². The first kappa shape index (κ1) is 24.4. The molecule has 0 saturated heterocycles. The molecule has 0 unspecified atom stereocenters. The van der Waals surface area contributed by atoms with Gasteiger partial charge >= 0.3 is 0 Å². The molecule has 0 spiro atoms. The van der Waals surface area contributed by atoms with Gasteiger partial charge < -0.3 is 0 Å². The summed E-state index contributed by atoms with van der Waals surface area (Å²) in [6.07, 6.45) is 0. The maximum absolute atomic E-state index is 9.13. The molecule has 0 atom stereocenters. The highest BCUT2D eigenvalue weighted by molar-refractivity contribution is 6.27. The molecule has 0 bridgehead atoms. The minimum absolute atomic E-state index is 0.202. The van der Waals surface area contributed by atoms with Gasteiger partial charge in [-0.25, -0.2) is 0 Å². The average molecular weight is 662 g/mol. The normalized spacial score (nSPS) is 13.2. The standard InChI is InChI=1S/C52H32/c1-3-12-33(13-4-1)38-28-31-47-48(32-38)50(34-14-5-2-6-15-34)44-18-7-8-19-45(44)52(47)43-23-11-21-39-40(20-10-22-41(39)43)42-29-26-37-25-24-35-16-9-17-36-27-30-46(42)51(37)49(35)36/h1-32H/i2D,5D,6D,14D,15D. The zero-order chi connectivity index (χ0) is 38.5. The fraction of sp³-hybridized carbons (Fsp3) is 0. The molecule has 0 amide bonds. The van der Waals surface area contributed by atoms with E-state index in [4.69, 9.17) is 6.85 Å². The lowest BCUT2D eigenvalue weighted by Crippen LogP contribution is -1.93. The Morgan fingerprint density at radius 3 is 1.63 bits per heavy atom. The number of rotatable bonds is 4. The monoisotopic (exact) mass is 661 g/mol. The van der Waals surface area contributed by atoms with Crippen LogP contribution in [0.3, 0.4) is 0 Å². The van der Waals surface area contributed by atoms with Crippen LogP contribution in [0.1, 0.15) is 6.85 Å². The number of hydrogen-bond donors (Lipinski definition) is 0. The molecule has 0 saturated carbocycles. The summed E-state index contributed by atoms with van der Waals surface area (Å²) in [5, 5.41) is 13.3. The summed E-state index contributed by atoms with van der Waals surface area (Å²) in [5.41, 5.74) is 7.28. The summed E-state index contributed by atoms with van der Waals surface area (Å²) in [4.78, 5) is 0. The van der Waals surface area contributed by atoms with E-state index >= 15 is 0 Å². The second-order valence-electron chi connectivity index (χ2n) is 13.6. The van der Waals surface area contributed by atoms with Crippen molar-refractivity contribution in [3.05, 3.63) is 194 Å². The zero-order valence-corrected chi connectivity index (χ0v) is 28.1. The van der Waals surface area contributed by atoms with Crippen LogP contribution in [0, 0.1) is 0 Å². The fourth-order valence-corrected chi connectivity index (χ4v) is 8.66. The molecule has 0 aliphatic carbocycles. The quantitative estimate of drug-likeness (QED) is 0.130. The highest BCUT2D eigenvalue weighted by atomic mass is 14.2. The summed E-state index contributed by atoms with van der Waals surface area (Å²) in [6.45, 7) is 0. The van der Waals surface area contributed by atoms with E-state index in [-0.39, 0.29) is 29.7 Å². The topological polar surface area (TPSA) is 0 Å². The van der Waals surface area contributed by atoms with E-state index in [1.54, 1.807) is 0 Å². The number of benzene rings is 11. The molecule has 0 aromatic heterocycles. The molecule has 0 heteroatoms. The fourth-order valence-electron chi connectivity index (χ4n) is 8.66. The van der Waals surface area contributed by atoms with Crippen LogP contribution in [0.4, 0.5) is 0 Å². The first-order valence-corrected chi connectivity index (χ1v) is 17.7. The van der Waals surface area contributed by atoms with Gasteiger partial charge in [-0.3, -0.25) is 0 Å². The second-order valence-corrected chi connectivity index (χ2v) is 13.6. The Hall–Kier alpha value is -6.76. The maximum atomic E-state index is 9.13. The van der Waals surface area contributed by atoms with Gasteiger partial charge in [-0.1, -0.05) is 188 Å². The van der Waals surface area contributed by atoms with Crippen molar-refractivity contribution in [2.24, 2.45) is 0 Å². The Morgan fingerprint density at radius 1 is 0.288 bits per heavy atom. The summed E-state index contributed by atoms with van der Waals surface area (Å²) >= 11 is 0.